The molecule has 0 atom stereocenters. The molecule has 1 radical (unpaired) electrons. The molecule has 0 saturated carbocycles. The molecule has 0 aromatic carbocycles. The summed E-state index contributed by atoms with van der Waals surface area (Å²) in [6.45, 7) is 11.1. The van der Waals surface area contributed by atoms with Gasteiger partial charge in [-0.2, -0.15) is 0 Å². The summed E-state index contributed by atoms with van der Waals surface area (Å²) in [4.78, 5) is 8.25. The van der Waals surface area contributed by atoms with Crippen LogP contribution in [0.15, 0.2) is 12.4 Å². The van der Waals surface area contributed by atoms with Gasteiger partial charge in [0.1, 0.15) is 18.4 Å². The van der Waals surface area contributed by atoms with E-state index < -0.39 is 0 Å². The molecule has 0 fully saturated rings. The second-order valence-electron chi connectivity index (χ2n) is 3.59. The third-order valence-electron chi connectivity index (χ3n) is 3.09. The standard InChI is InChI=1S/C11H19N3/c1-4-14(5-2,6-3)10-11-9-12-7-8-13-11/h8-9H,4-6,10H2,1-3H3/q+1. The van der Waals surface area contributed by atoms with Crippen LogP contribution in [0.2, 0.25) is 0 Å². The zero-order valence-corrected chi connectivity index (χ0v) is 9.32. The van der Waals surface area contributed by atoms with Gasteiger partial charge in [-0.05, 0) is 20.8 Å². The molecule has 1 heterocycles. The Morgan fingerprint density at radius 3 is 2.29 bits per heavy atom. The topological polar surface area (TPSA) is 25.8 Å². The fourth-order valence-electron chi connectivity index (χ4n) is 1.72. The maximum atomic E-state index is 4.27. The lowest BCUT2D eigenvalue weighted by molar-refractivity contribution is -0.936. The summed E-state index contributed by atoms with van der Waals surface area (Å²) in [7, 11) is 0. The predicted octanol–water partition coefficient (Wildman–Crippen LogP) is 1.65. The number of quaternary nitrogens is 1. The monoisotopic (exact) mass is 193 g/mol. The fourth-order valence-corrected chi connectivity index (χ4v) is 1.72. The van der Waals surface area contributed by atoms with Gasteiger partial charge in [0.15, 0.2) is 0 Å². The van der Waals surface area contributed by atoms with Crippen molar-refractivity contribution in [2.24, 2.45) is 0 Å². The molecule has 0 spiro atoms. The van der Waals surface area contributed by atoms with E-state index in [-0.39, 0.29) is 0 Å². The van der Waals surface area contributed by atoms with Crippen molar-refractivity contribution in [1.29, 1.82) is 0 Å². The largest absolute Gasteiger partial charge is 0.319 e. The van der Waals surface area contributed by atoms with Crippen LogP contribution in [0.5, 0.6) is 0 Å². The Morgan fingerprint density at radius 2 is 1.86 bits per heavy atom. The number of aromatic nitrogens is 2. The van der Waals surface area contributed by atoms with Crippen LogP contribution in [0.25, 0.3) is 0 Å². The van der Waals surface area contributed by atoms with E-state index in [4.69, 9.17) is 0 Å². The van der Waals surface area contributed by atoms with Gasteiger partial charge in [0.25, 0.3) is 0 Å². The minimum atomic E-state index is 0.977. The Kier molecular flexibility index (Phi) is 4.01. The Hall–Kier alpha value is -0.960. The lowest BCUT2D eigenvalue weighted by atomic mass is 10.3. The predicted molar refractivity (Wildman–Crippen MR) is 56.5 cm³/mol. The molecule has 1 aromatic heterocycles. The molecular weight excluding hydrogens is 174 g/mol. The Balaban J connectivity index is 2.74. The van der Waals surface area contributed by atoms with Crippen LogP contribution in [0, 0.1) is 6.20 Å². The van der Waals surface area contributed by atoms with E-state index >= 15 is 0 Å². The van der Waals surface area contributed by atoms with Crippen molar-refractivity contribution in [3.63, 3.8) is 0 Å². The van der Waals surface area contributed by atoms with Gasteiger partial charge in [-0.15, -0.1) is 0 Å². The maximum absolute atomic E-state index is 4.27. The highest BCUT2D eigenvalue weighted by Crippen LogP contribution is 2.11. The van der Waals surface area contributed by atoms with E-state index in [1.165, 1.54) is 0 Å². The molecule has 0 N–H and O–H groups in total. The highest BCUT2D eigenvalue weighted by atomic mass is 15.3. The average Bonchev–Trinajstić information content (AvgIpc) is 2.28. The summed E-state index contributed by atoms with van der Waals surface area (Å²) in [5, 5.41) is 0. The molecule has 0 unspecified atom stereocenters. The smallest absolute Gasteiger partial charge is 0.123 e. The van der Waals surface area contributed by atoms with Crippen molar-refractivity contribution in [2.75, 3.05) is 19.6 Å². The van der Waals surface area contributed by atoms with Crippen LogP contribution < -0.4 is 0 Å². The zero-order chi connectivity index (χ0) is 10.4. The van der Waals surface area contributed by atoms with Crippen LogP contribution >= 0.6 is 0 Å². The number of hydrogen-bond acceptors (Lipinski definition) is 2. The van der Waals surface area contributed by atoms with Crippen molar-refractivity contribution in [2.45, 2.75) is 27.3 Å². The normalized spacial score (nSPS) is 11.6. The number of hydrogen-bond donors (Lipinski definition) is 0. The summed E-state index contributed by atoms with van der Waals surface area (Å²) in [6, 6.07) is 0. The number of rotatable bonds is 5. The van der Waals surface area contributed by atoms with Gasteiger partial charge in [-0.3, -0.25) is 9.97 Å². The molecule has 0 bridgehead atoms. The second kappa shape index (κ2) is 5.05. The highest BCUT2D eigenvalue weighted by molar-refractivity contribution is 4.91. The lowest BCUT2D eigenvalue weighted by Gasteiger charge is -2.35. The van der Waals surface area contributed by atoms with E-state index in [0.717, 1.165) is 36.4 Å². The van der Waals surface area contributed by atoms with E-state index in [1.807, 2.05) is 6.20 Å². The first-order valence-electron chi connectivity index (χ1n) is 5.28. The van der Waals surface area contributed by atoms with E-state index in [0.29, 0.717) is 0 Å². The molecule has 77 valence electrons. The Morgan fingerprint density at radius 1 is 1.21 bits per heavy atom. The van der Waals surface area contributed by atoms with E-state index in [9.17, 15) is 0 Å². The summed E-state index contributed by atoms with van der Waals surface area (Å²) < 4.78 is 1.08. The summed E-state index contributed by atoms with van der Waals surface area (Å²) in [6.07, 6.45) is 6.16. The van der Waals surface area contributed by atoms with Crippen molar-refractivity contribution < 1.29 is 4.48 Å². The summed E-state index contributed by atoms with van der Waals surface area (Å²) in [5.74, 6) is 0. The van der Waals surface area contributed by atoms with Gasteiger partial charge in [-0.1, -0.05) is 0 Å². The van der Waals surface area contributed by atoms with Crippen LogP contribution in [0.4, 0.5) is 0 Å². The average molecular weight is 193 g/mol. The first kappa shape index (κ1) is 11.1. The van der Waals surface area contributed by atoms with Gasteiger partial charge in [0, 0.05) is 0 Å². The van der Waals surface area contributed by atoms with Crippen LogP contribution in [0.3, 0.4) is 0 Å². The van der Waals surface area contributed by atoms with Crippen molar-refractivity contribution in [3.8, 4) is 0 Å². The maximum Gasteiger partial charge on any atom is 0.123 e. The van der Waals surface area contributed by atoms with E-state index in [2.05, 4.69) is 36.9 Å². The molecule has 14 heavy (non-hydrogen) atoms. The molecule has 1 rings (SSSR count). The third kappa shape index (κ3) is 2.51. The second-order valence-corrected chi connectivity index (χ2v) is 3.59. The first-order chi connectivity index (χ1) is 6.76. The van der Waals surface area contributed by atoms with Gasteiger partial charge in [0.2, 0.25) is 0 Å². The molecule has 0 amide bonds. The first-order valence-corrected chi connectivity index (χ1v) is 5.28. The van der Waals surface area contributed by atoms with Crippen LogP contribution in [-0.2, 0) is 6.54 Å². The van der Waals surface area contributed by atoms with Gasteiger partial charge in [-0.25, -0.2) is 0 Å². The van der Waals surface area contributed by atoms with E-state index in [1.54, 1.807) is 6.20 Å². The highest BCUT2D eigenvalue weighted by Gasteiger charge is 2.21. The minimum absolute atomic E-state index is 0.977. The van der Waals surface area contributed by atoms with Crippen molar-refractivity contribution in [1.82, 2.24) is 9.97 Å². The summed E-state index contributed by atoms with van der Waals surface area (Å²) >= 11 is 0. The third-order valence-corrected chi connectivity index (χ3v) is 3.09. The molecule has 1 aromatic rings. The molecule has 0 aliphatic carbocycles. The zero-order valence-electron chi connectivity index (χ0n) is 9.32. The molecule has 3 nitrogen and oxygen atoms in total. The molecule has 3 heteroatoms. The quantitative estimate of drug-likeness (QED) is 0.665. The molecule has 0 aliphatic heterocycles. The number of nitrogens with zero attached hydrogens (tertiary/aromatic N) is 3. The van der Waals surface area contributed by atoms with Crippen molar-refractivity contribution >= 4 is 0 Å². The minimum Gasteiger partial charge on any atom is -0.319 e. The van der Waals surface area contributed by atoms with Crippen LogP contribution in [-0.4, -0.2) is 34.1 Å². The molecular formula is C11H19N3+. The van der Waals surface area contributed by atoms with Gasteiger partial charge >= 0.3 is 0 Å². The lowest BCUT2D eigenvalue weighted by Crippen LogP contribution is -2.46. The molecule has 0 saturated heterocycles. The van der Waals surface area contributed by atoms with Crippen LogP contribution in [0.1, 0.15) is 26.5 Å². The SMILES string of the molecule is CC[N+](CC)(CC)Cc1cn[c]cn1. The molecule has 0 aliphatic rings. The fraction of sp³-hybridized carbons (Fsp3) is 0.636. The van der Waals surface area contributed by atoms with Gasteiger partial charge in [0.05, 0.1) is 32.0 Å². The Bertz CT molecular complexity index is 246. The van der Waals surface area contributed by atoms with Crippen molar-refractivity contribution in [3.05, 3.63) is 24.3 Å². The summed E-state index contributed by atoms with van der Waals surface area (Å²) in [5.41, 5.74) is 1.06. The van der Waals surface area contributed by atoms with Gasteiger partial charge < -0.3 is 4.48 Å². The Labute approximate surface area is 86.4 Å².